The number of nitrogens with one attached hydrogen (secondary N) is 1. The molecule has 0 spiro atoms. The van der Waals surface area contributed by atoms with Crippen LogP contribution in [-0.4, -0.2) is 38.6 Å². The summed E-state index contributed by atoms with van der Waals surface area (Å²) >= 11 is 0. The second-order valence-corrected chi connectivity index (χ2v) is 3.87. The lowest BCUT2D eigenvalue weighted by molar-refractivity contribution is 0.316. The van der Waals surface area contributed by atoms with E-state index < -0.39 is 0 Å². The second kappa shape index (κ2) is 6.21. The summed E-state index contributed by atoms with van der Waals surface area (Å²) in [5.74, 6) is 0.734. The fourth-order valence-corrected chi connectivity index (χ4v) is 1.38. The molecule has 0 aromatic rings. The Kier molecular flexibility index (Phi) is 6.03. The molecule has 0 radical (unpaired) electrons. The zero-order valence-electron chi connectivity index (χ0n) is 8.85. The van der Waals surface area contributed by atoms with Crippen LogP contribution in [0.2, 0.25) is 0 Å². The summed E-state index contributed by atoms with van der Waals surface area (Å²) in [6.45, 7) is 11.5. The number of rotatable bonds is 6. The van der Waals surface area contributed by atoms with Gasteiger partial charge in [-0.1, -0.05) is 20.4 Å². The topological polar surface area (TPSA) is 15.3 Å². The molecule has 0 fully saturated rings. The molecule has 0 bridgehead atoms. The fourth-order valence-electron chi connectivity index (χ4n) is 1.38. The smallest absolute Gasteiger partial charge is 0.0199 e. The first-order chi connectivity index (χ1) is 5.56. The maximum absolute atomic E-state index is 3.99. The van der Waals surface area contributed by atoms with E-state index in [1.54, 1.807) is 0 Å². The highest BCUT2D eigenvalue weighted by Crippen LogP contribution is 1.98. The molecule has 0 heterocycles. The summed E-state index contributed by atoms with van der Waals surface area (Å²) < 4.78 is 0. The average Bonchev–Trinajstić information content (AvgIpc) is 1.84. The summed E-state index contributed by atoms with van der Waals surface area (Å²) in [7, 11) is 4.09. The van der Waals surface area contributed by atoms with Gasteiger partial charge < -0.3 is 10.2 Å². The molecule has 0 amide bonds. The van der Waals surface area contributed by atoms with Gasteiger partial charge in [0.1, 0.15) is 0 Å². The van der Waals surface area contributed by atoms with Gasteiger partial charge in [0.25, 0.3) is 0 Å². The lowest BCUT2D eigenvalue weighted by Gasteiger charge is -2.19. The van der Waals surface area contributed by atoms with E-state index in [4.69, 9.17) is 0 Å². The summed E-state index contributed by atoms with van der Waals surface area (Å²) in [4.78, 5) is 2.31. The van der Waals surface area contributed by atoms with Crippen LogP contribution < -0.4 is 5.32 Å². The van der Waals surface area contributed by atoms with Gasteiger partial charge in [0.05, 0.1) is 0 Å². The lowest BCUT2D eigenvalue weighted by atomic mass is 10.2. The van der Waals surface area contributed by atoms with E-state index in [2.05, 4.69) is 37.7 Å². The van der Waals surface area contributed by atoms with Crippen LogP contribution in [0.3, 0.4) is 0 Å². The van der Waals surface area contributed by atoms with Crippen molar-refractivity contribution >= 4 is 0 Å². The van der Waals surface area contributed by atoms with Gasteiger partial charge in [-0.3, -0.25) is 0 Å². The van der Waals surface area contributed by atoms with E-state index in [1.807, 2.05) is 7.05 Å². The highest BCUT2D eigenvalue weighted by molar-refractivity contribution is 4.98. The van der Waals surface area contributed by atoms with Crippen LogP contribution in [0.1, 0.15) is 13.8 Å². The summed E-state index contributed by atoms with van der Waals surface area (Å²) in [6.07, 6.45) is 0. The minimum absolute atomic E-state index is 0.734. The Labute approximate surface area is 76.6 Å². The Morgan fingerprint density at radius 1 is 1.50 bits per heavy atom. The molecule has 0 rings (SSSR count). The minimum Gasteiger partial charge on any atom is -0.316 e. The maximum atomic E-state index is 3.99. The third-order valence-electron chi connectivity index (χ3n) is 1.60. The molecule has 2 heteroatoms. The number of likely N-dealkylation sites (N-methyl/N-ethyl adjacent to an activating group) is 2. The highest BCUT2D eigenvalue weighted by Gasteiger charge is 2.02. The first-order valence-electron chi connectivity index (χ1n) is 4.56. The molecule has 12 heavy (non-hydrogen) atoms. The first-order valence-corrected chi connectivity index (χ1v) is 4.56. The third kappa shape index (κ3) is 6.38. The van der Waals surface area contributed by atoms with Crippen LogP contribution >= 0.6 is 0 Å². The van der Waals surface area contributed by atoms with Gasteiger partial charge in [-0.15, -0.1) is 0 Å². The molecule has 0 saturated carbocycles. The Hall–Kier alpha value is -0.340. The van der Waals surface area contributed by atoms with E-state index in [9.17, 15) is 0 Å². The fraction of sp³-hybridized carbons (Fsp3) is 0.800. The van der Waals surface area contributed by atoms with Crippen LogP contribution in [-0.2, 0) is 0 Å². The third-order valence-corrected chi connectivity index (χ3v) is 1.60. The molecule has 0 aliphatic carbocycles. The van der Waals surface area contributed by atoms with Gasteiger partial charge in [0.2, 0.25) is 0 Å². The largest absolute Gasteiger partial charge is 0.316 e. The van der Waals surface area contributed by atoms with Gasteiger partial charge in [0, 0.05) is 19.6 Å². The SMILES string of the molecule is C=C(CNC)CN(C)CC(C)C. The molecule has 72 valence electrons. The van der Waals surface area contributed by atoms with Crippen molar-refractivity contribution in [1.82, 2.24) is 10.2 Å². The van der Waals surface area contributed by atoms with Crippen LogP contribution in [0.4, 0.5) is 0 Å². The number of nitrogens with zero attached hydrogens (tertiary/aromatic N) is 1. The predicted octanol–water partition coefficient (Wildman–Crippen LogP) is 1.35. The van der Waals surface area contributed by atoms with Crippen molar-refractivity contribution in [3.63, 3.8) is 0 Å². The number of hydrogen-bond donors (Lipinski definition) is 1. The van der Waals surface area contributed by atoms with Crippen LogP contribution in [0.15, 0.2) is 12.2 Å². The molecular formula is C10H22N2. The quantitative estimate of drug-likeness (QED) is 0.605. The van der Waals surface area contributed by atoms with Crippen molar-refractivity contribution in [1.29, 1.82) is 0 Å². The van der Waals surface area contributed by atoms with Gasteiger partial charge in [-0.25, -0.2) is 0 Å². The molecule has 0 unspecified atom stereocenters. The monoisotopic (exact) mass is 170 g/mol. The van der Waals surface area contributed by atoms with Crippen LogP contribution in [0, 0.1) is 5.92 Å². The zero-order chi connectivity index (χ0) is 9.56. The second-order valence-electron chi connectivity index (χ2n) is 3.87. The molecule has 0 aromatic carbocycles. The van der Waals surface area contributed by atoms with E-state index in [0.717, 1.165) is 25.6 Å². The molecular weight excluding hydrogens is 148 g/mol. The normalized spacial score (nSPS) is 11.2. The minimum atomic E-state index is 0.734. The van der Waals surface area contributed by atoms with Crippen LogP contribution in [0.25, 0.3) is 0 Å². The lowest BCUT2D eigenvalue weighted by Crippen LogP contribution is -2.27. The maximum Gasteiger partial charge on any atom is 0.0199 e. The summed E-state index contributed by atoms with van der Waals surface area (Å²) in [6, 6.07) is 0. The predicted molar refractivity (Wildman–Crippen MR) is 55.4 cm³/mol. The van der Waals surface area contributed by atoms with Crippen molar-refractivity contribution < 1.29 is 0 Å². The van der Waals surface area contributed by atoms with Gasteiger partial charge >= 0.3 is 0 Å². The van der Waals surface area contributed by atoms with Crippen molar-refractivity contribution in [2.75, 3.05) is 33.7 Å². The Morgan fingerprint density at radius 3 is 2.50 bits per heavy atom. The van der Waals surface area contributed by atoms with E-state index in [0.29, 0.717) is 0 Å². The molecule has 0 atom stereocenters. The molecule has 0 aromatic heterocycles. The molecule has 1 N–H and O–H groups in total. The van der Waals surface area contributed by atoms with Gasteiger partial charge in [0.15, 0.2) is 0 Å². The molecule has 2 nitrogen and oxygen atoms in total. The van der Waals surface area contributed by atoms with Gasteiger partial charge in [-0.2, -0.15) is 0 Å². The van der Waals surface area contributed by atoms with Crippen molar-refractivity contribution in [2.45, 2.75) is 13.8 Å². The summed E-state index contributed by atoms with van der Waals surface area (Å²) in [5, 5.41) is 3.10. The number of hydrogen-bond acceptors (Lipinski definition) is 2. The van der Waals surface area contributed by atoms with Crippen LogP contribution in [0.5, 0.6) is 0 Å². The Bertz CT molecular complexity index is 130. The molecule has 0 aliphatic heterocycles. The molecule has 0 saturated heterocycles. The van der Waals surface area contributed by atoms with Crippen molar-refractivity contribution in [3.05, 3.63) is 12.2 Å². The zero-order valence-corrected chi connectivity index (χ0v) is 8.85. The first kappa shape index (κ1) is 11.7. The Balaban J connectivity index is 3.54. The Morgan fingerprint density at radius 2 is 2.08 bits per heavy atom. The van der Waals surface area contributed by atoms with E-state index in [1.165, 1.54) is 5.57 Å². The highest BCUT2D eigenvalue weighted by atomic mass is 15.1. The van der Waals surface area contributed by atoms with E-state index >= 15 is 0 Å². The van der Waals surface area contributed by atoms with Gasteiger partial charge in [-0.05, 0) is 25.6 Å². The average molecular weight is 170 g/mol. The standard InChI is InChI=1S/C10H22N2/c1-9(2)7-12(5)8-10(3)6-11-4/h9,11H,3,6-8H2,1-2,4-5H3. The van der Waals surface area contributed by atoms with Crippen molar-refractivity contribution in [2.24, 2.45) is 5.92 Å². The summed E-state index contributed by atoms with van der Waals surface area (Å²) in [5.41, 5.74) is 1.25. The van der Waals surface area contributed by atoms with Crippen molar-refractivity contribution in [3.8, 4) is 0 Å². The van der Waals surface area contributed by atoms with E-state index in [-0.39, 0.29) is 0 Å². The molecule has 0 aliphatic rings.